The minimum absolute atomic E-state index is 0.266. The van der Waals surface area contributed by atoms with Gasteiger partial charge >= 0.3 is 0 Å². The number of allylic oxidation sites excluding steroid dienone is 3. The maximum atomic E-state index is 5.56. The summed E-state index contributed by atoms with van der Waals surface area (Å²) >= 11 is 0. The Labute approximate surface area is 68.0 Å². The Morgan fingerprint density at radius 3 is 2.82 bits per heavy atom. The standard InChI is InChI=1S/C9H16N2/c10-9(11)8-6-4-2-1-3-5-7-8/h2,4,6,9H,1,3,5,7,10-11H2/b4-2-,8-6+. The molecule has 0 aromatic heterocycles. The van der Waals surface area contributed by atoms with Crippen molar-refractivity contribution in [3.05, 3.63) is 23.8 Å². The van der Waals surface area contributed by atoms with Crippen LogP contribution in [0.5, 0.6) is 0 Å². The molecule has 2 nitrogen and oxygen atoms in total. The van der Waals surface area contributed by atoms with E-state index in [-0.39, 0.29) is 6.17 Å². The molecule has 62 valence electrons. The van der Waals surface area contributed by atoms with Crippen LogP contribution in [0, 0.1) is 0 Å². The summed E-state index contributed by atoms with van der Waals surface area (Å²) in [5.41, 5.74) is 12.3. The zero-order valence-electron chi connectivity index (χ0n) is 6.79. The van der Waals surface area contributed by atoms with Crippen molar-refractivity contribution in [2.45, 2.75) is 31.8 Å². The van der Waals surface area contributed by atoms with Crippen molar-refractivity contribution in [2.24, 2.45) is 11.5 Å². The number of hydrogen-bond donors (Lipinski definition) is 2. The third-order valence-electron chi connectivity index (χ3n) is 1.96. The van der Waals surface area contributed by atoms with Crippen molar-refractivity contribution in [2.75, 3.05) is 0 Å². The van der Waals surface area contributed by atoms with Crippen molar-refractivity contribution in [3.63, 3.8) is 0 Å². The van der Waals surface area contributed by atoms with Crippen LogP contribution < -0.4 is 11.5 Å². The predicted molar refractivity (Wildman–Crippen MR) is 47.9 cm³/mol. The smallest absolute Gasteiger partial charge is 0.0746 e. The van der Waals surface area contributed by atoms with Gasteiger partial charge in [0.2, 0.25) is 0 Å². The van der Waals surface area contributed by atoms with Gasteiger partial charge in [-0.15, -0.1) is 0 Å². The molecule has 0 bridgehead atoms. The van der Waals surface area contributed by atoms with Gasteiger partial charge in [0.1, 0.15) is 0 Å². The lowest BCUT2D eigenvalue weighted by atomic mass is 10.0. The third-order valence-corrected chi connectivity index (χ3v) is 1.96. The van der Waals surface area contributed by atoms with Gasteiger partial charge in [-0.3, -0.25) is 0 Å². The Bertz CT molecular complexity index is 168. The second-order valence-electron chi connectivity index (χ2n) is 2.94. The molecule has 0 atom stereocenters. The first-order valence-electron chi connectivity index (χ1n) is 4.17. The topological polar surface area (TPSA) is 52.0 Å². The van der Waals surface area contributed by atoms with Gasteiger partial charge in [0.05, 0.1) is 6.17 Å². The Kier molecular flexibility index (Phi) is 3.33. The van der Waals surface area contributed by atoms with Crippen molar-refractivity contribution in [1.82, 2.24) is 0 Å². The number of nitrogens with two attached hydrogens (primary N) is 2. The molecule has 0 aliphatic heterocycles. The highest BCUT2D eigenvalue weighted by Gasteiger charge is 2.03. The quantitative estimate of drug-likeness (QED) is 0.556. The van der Waals surface area contributed by atoms with E-state index in [1.807, 2.05) is 6.08 Å². The molecule has 0 heterocycles. The zero-order valence-corrected chi connectivity index (χ0v) is 6.79. The van der Waals surface area contributed by atoms with E-state index in [4.69, 9.17) is 11.5 Å². The summed E-state index contributed by atoms with van der Waals surface area (Å²) in [5, 5.41) is 0. The van der Waals surface area contributed by atoms with E-state index in [2.05, 4.69) is 12.2 Å². The van der Waals surface area contributed by atoms with Gasteiger partial charge in [-0.1, -0.05) is 18.2 Å². The Morgan fingerprint density at radius 1 is 1.27 bits per heavy atom. The van der Waals surface area contributed by atoms with Crippen LogP contribution in [0.2, 0.25) is 0 Å². The average molecular weight is 152 g/mol. The molecule has 0 saturated heterocycles. The number of rotatable bonds is 1. The molecule has 4 N–H and O–H groups in total. The normalized spacial score (nSPS) is 27.0. The maximum Gasteiger partial charge on any atom is 0.0746 e. The van der Waals surface area contributed by atoms with Crippen LogP contribution in [0.4, 0.5) is 0 Å². The van der Waals surface area contributed by atoms with Crippen LogP contribution in [0.1, 0.15) is 25.7 Å². The highest BCUT2D eigenvalue weighted by atomic mass is 14.8. The lowest BCUT2D eigenvalue weighted by Gasteiger charge is -2.11. The van der Waals surface area contributed by atoms with E-state index in [0.717, 1.165) is 6.42 Å². The first-order valence-corrected chi connectivity index (χ1v) is 4.17. The second-order valence-corrected chi connectivity index (χ2v) is 2.94. The van der Waals surface area contributed by atoms with Crippen LogP contribution in [0.15, 0.2) is 23.8 Å². The van der Waals surface area contributed by atoms with Crippen molar-refractivity contribution < 1.29 is 0 Å². The molecular formula is C9H16N2. The first-order chi connectivity index (χ1) is 5.30. The summed E-state index contributed by atoms with van der Waals surface area (Å²) in [5.74, 6) is 0. The third kappa shape index (κ3) is 2.87. The van der Waals surface area contributed by atoms with Crippen LogP contribution in [0.25, 0.3) is 0 Å². The van der Waals surface area contributed by atoms with E-state index >= 15 is 0 Å². The molecule has 0 spiro atoms. The van der Waals surface area contributed by atoms with Crippen LogP contribution in [-0.4, -0.2) is 6.17 Å². The van der Waals surface area contributed by atoms with Gasteiger partial charge in [0.25, 0.3) is 0 Å². The molecule has 0 radical (unpaired) electrons. The molecule has 0 aromatic carbocycles. The summed E-state index contributed by atoms with van der Waals surface area (Å²) < 4.78 is 0. The van der Waals surface area contributed by atoms with Crippen molar-refractivity contribution in [1.29, 1.82) is 0 Å². The minimum Gasteiger partial charge on any atom is -0.313 e. The van der Waals surface area contributed by atoms with Gasteiger partial charge in [-0.2, -0.15) is 0 Å². The SMILES string of the molecule is NC(N)/C1=C/C=C\CCCC1. The monoisotopic (exact) mass is 152 g/mol. The second kappa shape index (κ2) is 4.31. The highest BCUT2D eigenvalue weighted by molar-refractivity contribution is 5.17. The van der Waals surface area contributed by atoms with Gasteiger partial charge in [-0.25, -0.2) is 0 Å². The molecule has 1 aliphatic rings. The van der Waals surface area contributed by atoms with Gasteiger partial charge in [-0.05, 0) is 31.3 Å². The average Bonchev–Trinajstić information content (AvgIpc) is 1.84. The van der Waals surface area contributed by atoms with Gasteiger partial charge in [0, 0.05) is 0 Å². The fourth-order valence-corrected chi connectivity index (χ4v) is 1.24. The van der Waals surface area contributed by atoms with E-state index in [0.29, 0.717) is 0 Å². The van der Waals surface area contributed by atoms with Crippen LogP contribution in [0.3, 0.4) is 0 Å². The summed E-state index contributed by atoms with van der Waals surface area (Å²) in [4.78, 5) is 0. The van der Waals surface area contributed by atoms with E-state index < -0.39 is 0 Å². The van der Waals surface area contributed by atoms with Crippen LogP contribution >= 0.6 is 0 Å². The zero-order chi connectivity index (χ0) is 8.10. The number of hydrogen-bond acceptors (Lipinski definition) is 2. The van der Waals surface area contributed by atoms with Crippen LogP contribution in [-0.2, 0) is 0 Å². The molecule has 2 heteroatoms. The van der Waals surface area contributed by atoms with Crippen molar-refractivity contribution >= 4 is 0 Å². The summed E-state index contributed by atoms with van der Waals surface area (Å²) in [6, 6.07) is 0. The molecule has 0 aromatic rings. The fourth-order valence-electron chi connectivity index (χ4n) is 1.24. The molecule has 0 fully saturated rings. The summed E-state index contributed by atoms with van der Waals surface area (Å²) in [6.07, 6.45) is 10.7. The Morgan fingerprint density at radius 2 is 2.09 bits per heavy atom. The van der Waals surface area contributed by atoms with E-state index in [9.17, 15) is 0 Å². The van der Waals surface area contributed by atoms with E-state index in [1.54, 1.807) is 0 Å². The Hall–Kier alpha value is -0.600. The Balaban J connectivity index is 2.58. The fraction of sp³-hybridized carbons (Fsp3) is 0.556. The largest absolute Gasteiger partial charge is 0.313 e. The lowest BCUT2D eigenvalue weighted by molar-refractivity contribution is 0.680. The molecule has 0 unspecified atom stereocenters. The summed E-state index contributed by atoms with van der Waals surface area (Å²) in [6.45, 7) is 0. The molecule has 1 aliphatic carbocycles. The van der Waals surface area contributed by atoms with Gasteiger partial charge < -0.3 is 11.5 Å². The first kappa shape index (κ1) is 8.50. The minimum atomic E-state index is -0.266. The molecular weight excluding hydrogens is 136 g/mol. The molecule has 0 saturated carbocycles. The highest BCUT2D eigenvalue weighted by Crippen LogP contribution is 2.13. The molecule has 1 rings (SSSR count). The summed E-state index contributed by atoms with van der Waals surface area (Å²) in [7, 11) is 0. The maximum absolute atomic E-state index is 5.56. The van der Waals surface area contributed by atoms with E-state index in [1.165, 1.54) is 24.8 Å². The van der Waals surface area contributed by atoms with Crippen molar-refractivity contribution in [3.8, 4) is 0 Å². The molecule has 11 heavy (non-hydrogen) atoms. The van der Waals surface area contributed by atoms with Gasteiger partial charge in [0.15, 0.2) is 0 Å². The predicted octanol–water partition coefficient (Wildman–Crippen LogP) is 1.29. The molecule has 0 amide bonds. The lowest BCUT2D eigenvalue weighted by Crippen LogP contribution is -2.32.